The van der Waals surface area contributed by atoms with E-state index in [1.165, 1.54) is 69.7 Å². The standard InChI is InChI=1S/C52H33NOS/c1-2-10-34(11-3-1)35-20-26-40(27-21-35)53(42-13-8-12-38(33-42)44-16-9-17-46-45-14-5-7-19-50(45)55-52(44)46)41-28-22-36(23-29-41)37-24-30-43-39(32-37)25-31-49-51(43)47-15-4-6-18-48(47)54-49/h1-33H. The minimum Gasteiger partial charge on any atom is -0.456 e. The number of furan rings is 1. The minimum atomic E-state index is 0.923. The van der Waals surface area contributed by atoms with Crippen molar-refractivity contribution in [1.29, 1.82) is 0 Å². The fraction of sp³-hybridized carbons (Fsp3) is 0. The van der Waals surface area contributed by atoms with Gasteiger partial charge in [-0.25, -0.2) is 0 Å². The van der Waals surface area contributed by atoms with Gasteiger partial charge in [0.15, 0.2) is 0 Å². The van der Waals surface area contributed by atoms with Gasteiger partial charge >= 0.3 is 0 Å². The average molecular weight is 720 g/mol. The summed E-state index contributed by atoms with van der Waals surface area (Å²) < 4.78 is 8.81. The maximum atomic E-state index is 6.17. The van der Waals surface area contributed by atoms with Crippen molar-refractivity contribution in [3.63, 3.8) is 0 Å². The predicted octanol–water partition coefficient (Wildman–Crippen LogP) is 15.6. The second kappa shape index (κ2) is 12.9. The summed E-state index contributed by atoms with van der Waals surface area (Å²) in [7, 11) is 0. The lowest BCUT2D eigenvalue weighted by Crippen LogP contribution is -2.10. The summed E-state index contributed by atoms with van der Waals surface area (Å²) in [4.78, 5) is 2.37. The molecular weight excluding hydrogens is 687 g/mol. The molecule has 0 bridgehead atoms. The molecule has 0 amide bonds. The summed E-state index contributed by atoms with van der Waals surface area (Å²) >= 11 is 1.87. The summed E-state index contributed by atoms with van der Waals surface area (Å²) in [5.74, 6) is 0. The molecular formula is C52H33NOS. The second-order valence-corrected chi connectivity index (χ2v) is 15.2. The zero-order valence-corrected chi connectivity index (χ0v) is 30.6. The van der Waals surface area contributed by atoms with Crippen LogP contribution in [0.4, 0.5) is 17.1 Å². The van der Waals surface area contributed by atoms with Crippen molar-refractivity contribution in [2.45, 2.75) is 0 Å². The van der Waals surface area contributed by atoms with Crippen molar-refractivity contribution in [1.82, 2.24) is 0 Å². The Morgan fingerprint density at radius 3 is 1.82 bits per heavy atom. The first-order valence-corrected chi connectivity index (χ1v) is 19.5. The highest BCUT2D eigenvalue weighted by molar-refractivity contribution is 7.26. The Bertz CT molecular complexity index is 3190. The van der Waals surface area contributed by atoms with E-state index in [0.717, 1.165) is 33.6 Å². The van der Waals surface area contributed by atoms with E-state index >= 15 is 0 Å². The summed E-state index contributed by atoms with van der Waals surface area (Å²) in [6.07, 6.45) is 0. The van der Waals surface area contributed by atoms with Crippen molar-refractivity contribution in [3.8, 4) is 33.4 Å². The van der Waals surface area contributed by atoms with Gasteiger partial charge in [0.05, 0.1) is 0 Å². The van der Waals surface area contributed by atoms with Crippen LogP contribution >= 0.6 is 11.3 Å². The molecule has 0 aliphatic heterocycles. The van der Waals surface area contributed by atoms with E-state index in [4.69, 9.17) is 4.42 Å². The Hall–Kier alpha value is -6.94. The van der Waals surface area contributed by atoms with Crippen LogP contribution in [0.5, 0.6) is 0 Å². The number of nitrogens with zero attached hydrogens (tertiary/aromatic N) is 1. The van der Waals surface area contributed by atoms with Gasteiger partial charge in [0.2, 0.25) is 0 Å². The molecule has 11 rings (SSSR count). The Morgan fingerprint density at radius 2 is 1.00 bits per heavy atom. The van der Waals surface area contributed by atoms with Gasteiger partial charge in [-0.3, -0.25) is 0 Å². The first kappa shape index (κ1) is 31.6. The highest BCUT2D eigenvalue weighted by Crippen LogP contribution is 2.43. The quantitative estimate of drug-likeness (QED) is 0.170. The molecule has 0 spiro atoms. The van der Waals surface area contributed by atoms with E-state index in [1.54, 1.807) is 0 Å². The van der Waals surface area contributed by atoms with Gasteiger partial charge in [-0.1, -0.05) is 140 Å². The number of rotatable bonds is 6. The van der Waals surface area contributed by atoms with Crippen molar-refractivity contribution in [3.05, 3.63) is 200 Å². The van der Waals surface area contributed by atoms with Crippen LogP contribution in [0.1, 0.15) is 0 Å². The van der Waals surface area contributed by atoms with Crippen molar-refractivity contribution in [2.24, 2.45) is 0 Å². The number of thiophene rings is 1. The molecule has 0 unspecified atom stereocenters. The van der Waals surface area contributed by atoms with Gasteiger partial charge < -0.3 is 9.32 Å². The SMILES string of the molecule is c1ccc(-c2ccc(N(c3ccc(-c4ccc5c(ccc6oc7ccccc7c65)c4)cc3)c3cccc(-c4cccc5c4sc4ccccc45)c3)cc2)cc1. The third kappa shape index (κ3) is 5.40. The molecule has 0 saturated carbocycles. The first-order chi connectivity index (χ1) is 27.2. The molecule has 55 heavy (non-hydrogen) atoms. The zero-order chi connectivity index (χ0) is 36.3. The van der Waals surface area contributed by atoms with E-state index in [-0.39, 0.29) is 0 Å². The van der Waals surface area contributed by atoms with Crippen LogP contribution in [0, 0.1) is 0 Å². The van der Waals surface area contributed by atoms with Crippen LogP contribution in [0.3, 0.4) is 0 Å². The third-order valence-corrected chi connectivity index (χ3v) is 12.1. The number of para-hydroxylation sites is 1. The van der Waals surface area contributed by atoms with Gasteiger partial charge in [0, 0.05) is 48.0 Å². The Kier molecular flexibility index (Phi) is 7.39. The minimum absolute atomic E-state index is 0.923. The highest BCUT2D eigenvalue weighted by Gasteiger charge is 2.17. The average Bonchev–Trinajstić information content (AvgIpc) is 3.84. The second-order valence-electron chi connectivity index (χ2n) is 14.1. The number of fused-ring (bicyclic) bond motifs is 8. The van der Waals surface area contributed by atoms with E-state index in [9.17, 15) is 0 Å². The fourth-order valence-electron chi connectivity index (χ4n) is 8.20. The van der Waals surface area contributed by atoms with E-state index in [1.807, 2.05) is 23.5 Å². The molecule has 9 aromatic carbocycles. The van der Waals surface area contributed by atoms with E-state index < -0.39 is 0 Å². The van der Waals surface area contributed by atoms with Crippen LogP contribution in [0.15, 0.2) is 205 Å². The maximum Gasteiger partial charge on any atom is 0.136 e. The van der Waals surface area contributed by atoms with Crippen LogP contribution in [0.2, 0.25) is 0 Å². The van der Waals surface area contributed by atoms with Gasteiger partial charge in [-0.15, -0.1) is 11.3 Å². The van der Waals surface area contributed by atoms with E-state index in [0.29, 0.717) is 0 Å². The molecule has 0 aliphatic carbocycles. The molecule has 0 saturated heterocycles. The van der Waals surface area contributed by atoms with Crippen molar-refractivity contribution in [2.75, 3.05) is 4.90 Å². The number of hydrogen-bond donors (Lipinski definition) is 0. The Labute approximate surface area is 322 Å². The molecule has 0 aliphatic rings. The molecule has 2 heterocycles. The molecule has 3 heteroatoms. The normalized spacial score (nSPS) is 11.6. The van der Waals surface area contributed by atoms with Gasteiger partial charge in [0.25, 0.3) is 0 Å². The van der Waals surface area contributed by atoms with Gasteiger partial charge in [0.1, 0.15) is 11.2 Å². The van der Waals surface area contributed by atoms with Crippen LogP contribution in [-0.4, -0.2) is 0 Å². The third-order valence-electron chi connectivity index (χ3n) is 10.9. The lowest BCUT2D eigenvalue weighted by Gasteiger charge is -2.26. The van der Waals surface area contributed by atoms with Crippen molar-refractivity contribution >= 4 is 81.3 Å². The van der Waals surface area contributed by atoms with Crippen LogP contribution in [0.25, 0.3) is 86.3 Å². The van der Waals surface area contributed by atoms with Crippen molar-refractivity contribution < 1.29 is 4.42 Å². The first-order valence-electron chi connectivity index (χ1n) is 18.7. The summed E-state index contributed by atoms with van der Waals surface area (Å²) in [6.45, 7) is 0. The highest BCUT2D eigenvalue weighted by atomic mass is 32.1. The molecule has 0 N–H and O–H groups in total. The van der Waals surface area contributed by atoms with Crippen LogP contribution in [-0.2, 0) is 0 Å². The lowest BCUT2D eigenvalue weighted by atomic mass is 9.98. The summed E-state index contributed by atoms with van der Waals surface area (Å²) in [5.41, 5.74) is 12.4. The molecule has 2 nitrogen and oxygen atoms in total. The zero-order valence-electron chi connectivity index (χ0n) is 29.8. The molecule has 0 fully saturated rings. The molecule has 2 aromatic heterocycles. The van der Waals surface area contributed by atoms with Crippen LogP contribution < -0.4 is 4.90 Å². The molecule has 0 atom stereocenters. The smallest absolute Gasteiger partial charge is 0.136 e. The number of anilines is 3. The Balaban J connectivity index is 1.00. The summed E-state index contributed by atoms with van der Waals surface area (Å²) in [5, 5.41) is 7.36. The lowest BCUT2D eigenvalue weighted by molar-refractivity contribution is 0.669. The largest absolute Gasteiger partial charge is 0.456 e. The summed E-state index contributed by atoms with van der Waals surface area (Å²) in [6, 6.07) is 72.2. The van der Waals surface area contributed by atoms with E-state index in [2.05, 4.69) is 193 Å². The molecule has 258 valence electrons. The molecule has 11 aromatic rings. The predicted molar refractivity (Wildman–Crippen MR) is 235 cm³/mol. The number of hydrogen-bond acceptors (Lipinski definition) is 3. The molecule has 0 radical (unpaired) electrons. The topological polar surface area (TPSA) is 16.4 Å². The maximum absolute atomic E-state index is 6.17. The van der Waals surface area contributed by atoms with Gasteiger partial charge in [-0.2, -0.15) is 0 Å². The fourth-order valence-corrected chi connectivity index (χ4v) is 9.44. The Morgan fingerprint density at radius 1 is 0.364 bits per heavy atom. The van der Waals surface area contributed by atoms with Gasteiger partial charge in [-0.05, 0) is 105 Å². The number of benzene rings is 9. The monoisotopic (exact) mass is 719 g/mol.